The first-order valence-electron chi connectivity index (χ1n) is 10.9. The Hall–Kier alpha value is -3.40. The monoisotopic (exact) mass is 436 g/mol. The predicted molar refractivity (Wildman–Crippen MR) is 126 cm³/mol. The lowest BCUT2D eigenvalue weighted by atomic mass is 10.2. The summed E-state index contributed by atoms with van der Waals surface area (Å²) >= 11 is 0. The minimum absolute atomic E-state index is 0.325. The van der Waals surface area contributed by atoms with Crippen LogP contribution >= 0.6 is 0 Å². The van der Waals surface area contributed by atoms with Gasteiger partial charge in [-0.15, -0.1) is 0 Å². The van der Waals surface area contributed by atoms with Crippen LogP contribution in [0.15, 0.2) is 45.0 Å². The van der Waals surface area contributed by atoms with E-state index in [1.165, 1.54) is 17.3 Å². The van der Waals surface area contributed by atoms with Gasteiger partial charge in [0.05, 0.1) is 18.8 Å². The van der Waals surface area contributed by atoms with Gasteiger partial charge < -0.3 is 4.90 Å². The second kappa shape index (κ2) is 7.94. The van der Waals surface area contributed by atoms with Gasteiger partial charge in [0.1, 0.15) is 0 Å². The van der Waals surface area contributed by atoms with Gasteiger partial charge in [0, 0.05) is 52.5 Å². The summed E-state index contributed by atoms with van der Waals surface area (Å²) in [7, 11) is 3.15. The van der Waals surface area contributed by atoms with Crippen molar-refractivity contribution in [3.8, 4) is 0 Å². The molecule has 10 nitrogen and oxygen atoms in total. The van der Waals surface area contributed by atoms with Crippen LogP contribution in [0.4, 0.5) is 11.6 Å². The number of rotatable bonds is 4. The van der Waals surface area contributed by atoms with Gasteiger partial charge in [0.2, 0.25) is 5.95 Å². The molecule has 3 aromatic rings. The largest absolute Gasteiger partial charge is 0.369 e. The van der Waals surface area contributed by atoms with Crippen LogP contribution in [0.2, 0.25) is 0 Å². The highest BCUT2D eigenvalue weighted by molar-refractivity contribution is 5.87. The topological polar surface area (TPSA) is 83.9 Å². The van der Waals surface area contributed by atoms with Crippen LogP contribution < -0.4 is 21.2 Å². The number of fused-ring (bicyclic) bond motifs is 3. The fourth-order valence-electron chi connectivity index (χ4n) is 4.55. The molecule has 4 heterocycles. The second-order valence-electron chi connectivity index (χ2n) is 8.50. The fraction of sp³-hybridized carbons (Fsp3) is 0.455. The van der Waals surface area contributed by atoms with E-state index in [0.717, 1.165) is 43.0 Å². The molecule has 0 aliphatic carbocycles. The molecule has 0 atom stereocenters. The molecule has 1 fully saturated rings. The van der Waals surface area contributed by atoms with Crippen LogP contribution in [0.25, 0.3) is 11.2 Å². The van der Waals surface area contributed by atoms with Crippen molar-refractivity contribution >= 4 is 28.5 Å². The van der Waals surface area contributed by atoms with Crippen molar-refractivity contribution in [2.24, 2.45) is 19.2 Å². The predicted octanol–water partition coefficient (Wildman–Crippen LogP) is 0.452. The first-order valence-corrected chi connectivity index (χ1v) is 10.9. The lowest BCUT2D eigenvalue weighted by molar-refractivity contribution is 0.262. The van der Waals surface area contributed by atoms with Crippen molar-refractivity contribution in [2.45, 2.75) is 13.5 Å². The molecule has 5 rings (SSSR count). The number of para-hydroxylation sites is 1. The standard InChI is InChI=1S/C22H28N8O2/c1-16-15-29-18-19(25(2)22(32)26(3)20(18)31)23-21(29)30(24-16)14-11-27-9-12-28(13-10-27)17-7-5-4-6-8-17/h4-8H,9-15H2,1-3H3. The Bertz CT molecular complexity index is 1300. The molecular formula is C22H28N8O2. The van der Waals surface area contributed by atoms with E-state index in [9.17, 15) is 9.59 Å². The molecule has 0 spiro atoms. The zero-order valence-corrected chi connectivity index (χ0v) is 18.7. The van der Waals surface area contributed by atoms with Crippen molar-refractivity contribution in [1.29, 1.82) is 0 Å². The van der Waals surface area contributed by atoms with Crippen molar-refractivity contribution in [2.75, 3.05) is 49.2 Å². The van der Waals surface area contributed by atoms with E-state index in [-0.39, 0.29) is 11.2 Å². The summed E-state index contributed by atoms with van der Waals surface area (Å²) in [5, 5.41) is 6.57. The highest BCUT2D eigenvalue weighted by Gasteiger charge is 2.27. The van der Waals surface area contributed by atoms with Gasteiger partial charge in [-0.1, -0.05) is 18.2 Å². The maximum absolute atomic E-state index is 12.8. The number of benzene rings is 1. The molecule has 2 aromatic heterocycles. The Kier molecular flexibility index (Phi) is 5.09. The van der Waals surface area contributed by atoms with E-state index in [2.05, 4.69) is 39.0 Å². The molecule has 0 N–H and O–H groups in total. The summed E-state index contributed by atoms with van der Waals surface area (Å²) in [6.07, 6.45) is 0. The Morgan fingerprint density at radius 2 is 1.66 bits per heavy atom. The smallest absolute Gasteiger partial charge is 0.332 e. The molecule has 32 heavy (non-hydrogen) atoms. The summed E-state index contributed by atoms with van der Waals surface area (Å²) in [5.41, 5.74) is 2.32. The Labute approximate surface area is 185 Å². The van der Waals surface area contributed by atoms with E-state index < -0.39 is 0 Å². The minimum Gasteiger partial charge on any atom is -0.369 e. The molecule has 0 bridgehead atoms. The summed E-state index contributed by atoms with van der Waals surface area (Å²) in [4.78, 5) is 34.7. The maximum Gasteiger partial charge on any atom is 0.332 e. The molecule has 1 saturated heterocycles. The first kappa shape index (κ1) is 20.5. The van der Waals surface area contributed by atoms with Gasteiger partial charge >= 0.3 is 5.69 Å². The number of hydrogen-bond acceptors (Lipinski definition) is 7. The van der Waals surface area contributed by atoms with Gasteiger partial charge in [-0.25, -0.2) is 9.80 Å². The highest BCUT2D eigenvalue weighted by Crippen LogP contribution is 2.23. The van der Waals surface area contributed by atoms with Crippen LogP contribution in [-0.4, -0.2) is 68.6 Å². The molecule has 2 aliphatic rings. The number of anilines is 2. The van der Waals surface area contributed by atoms with Crippen molar-refractivity contribution < 1.29 is 0 Å². The van der Waals surface area contributed by atoms with Crippen LogP contribution in [0, 0.1) is 0 Å². The minimum atomic E-state index is -0.376. The number of hydrazone groups is 1. The summed E-state index contributed by atoms with van der Waals surface area (Å²) in [6, 6.07) is 10.5. The zero-order chi connectivity index (χ0) is 22.4. The van der Waals surface area contributed by atoms with Gasteiger partial charge in [-0.3, -0.25) is 23.4 Å². The van der Waals surface area contributed by atoms with Crippen LogP contribution in [0.3, 0.4) is 0 Å². The third kappa shape index (κ3) is 3.40. The third-order valence-electron chi connectivity index (χ3n) is 6.36. The Morgan fingerprint density at radius 3 is 2.38 bits per heavy atom. The van der Waals surface area contributed by atoms with Gasteiger partial charge in [0.25, 0.3) is 5.56 Å². The average Bonchev–Trinajstić information content (AvgIpc) is 3.20. The van der Waals surface area contributed by atoms with Crippen LogP contribution in [-0.2, 0) is 20.6 Å². The molecule has 0 radical (unpaired) electrons. The third-order valence-corrected chi connectivity index (χ3v) is 6.36. The van der Waals surface area contributed by atoms with Gasteiger partial charge in [-0.05, 0) is 19.1 Å². The molecule has 0 unspecified atom stereocenters. The summed E-state index contributed by atoms with van der Waals surface area (Å²) in [6.45, 7) is 7.90. The van der Waals surface area contributed by atoms with Gasteiger partial charge in [0.15, 0.2) is 11.2 Å². The Balaban J connectivity index is 1.34. The van der Waals surface area contributed by atoms with E-state index in [1.807, 2.05) is 22.6 Å². The van der Waals surface area contributed by atoms with Crippen molar-refractivity contribution in [3.05, 3.63) is 51.2 Å². The fourth-order valence-corrected chi connectivity index (χ4v) is 4.55. The van der Waals surface area contributed by atoms with Crippen LogP contribution in [0.5, 0.6) is 0 Å². The zero-order valence-electron chi connectivity index (χ0n) is 18.7. The SMILES string of the molecule is CC1=NN(CCN2CCN(c3ccccc3)CC2)c2nc3c(c(=O)n(C)c(=O)n3C)n2C1. The number of aromatic nitrogens is 4. The lowest BCUT2D eigenvalue weighted by Crippen LogP contribution is -2.48. The van der Waals surface area contributed by atoms with E-state index in [1.54, 1.807) is 7.05 Å². The number of hydrogen-bond donors (Lipinski definition) is 0. The van der Waals surface area contributed by atoms with Gasteiger partial charge in [-0.2, -0.15) is 10.1 Å². The number of nitrogens with zero attached hydrogens (tertiary/aromatic N) is 8. The summed E-state index contributed by atoms with van der Waals surface area (Å²) in [5.74, 6) is 0.617. The molecule has 1 aromatic carbocycles. The molecule has 0 amide bonds. The number of aryl methyl sites for hydroxylation is 1. The van der Waals surface area contributed by atoms with Crippen molar-refractivity contribution in [3.63, 3.8) is 0 Å². The van der Waals surface area contributed by atoms with Crippen molar-refractivity contribution in [1.82, 2.24) is 23.6 Å². The van der Waals surface area contributed by atoms with E-state index >= 15 is 0 Å². The molecular weight excluding hydrogens is 408 g/mol. The lowest BCUT2D eigenvalue weighted by Gasteiger charge is -2.37. The maximum atomic E-state index is 12.8. The number of imidazole rings is 1. The molecule has 0 saturated carbocycles. The molecule has 2 aliphatic heterocycles. The highest BCUT2D eigenvalue weighted by atomic mass is 16.2. The molecule has 10 heteroatoms. The first-order chi connectivity index (χ1) is 15.4. The normalized spacial score (nSPS) is 17.0. The van der Waals surface area contributed by atoms with E-state index in [4.69, 9.17) is 5.10 Å². The molecule has 168 valence electrons. The van der Waals surface area contributed by atoms with Crippen LogP contribution in [0.1, 0.15) is 6.92 Å². The number of piperazine rings is 1. The summed E-state index contributed by atoms with van der Waals surface area (Å²) < 4.78 is 4.44. The average molecular weight is 437 g/mol. The van der Waals surface area contributed by atoms with E-state index in [0.29, 0.717) is 30.2 Å². The Morgan fingerprint density at radius 1 is 0.938 bits per heavy atom. The second-order valence-corrected chi connectivity index (χ2v) is 8.50. The quantitative estimate of drug-likeness (QED) is 0.591.